The Hall–Kier alpha value is -1.65. The first kappa shape index (κ1) is 14.3. The molecule has 0 N–H and O–H groups in total. The topological polar surface area (TPSA) is 30.3 Å². The number of aromatic nitrogens is 2. The highest BCUT2D eigenvalue weighted by molar-refractivity contribution is 5.15. The quantitative estimate of drug-likeness (QED) is 0.815. The van der Waals surface area contributed by atoms with E-state index in [2.05, 4.69) is 40.3 Å². The van der Waals surface area contributed by atoms with Crippen LogP contribution < -0.4 is 0 Å². The van der Waals surface area contributed by atoms with E-state index in [4.69, 9.17) is 4.74 Å². The van der Waals surface area contributed by atoms with Crippen LogP contribution in [-0.4, -0.2) is 47.0 Å². The van der Waals surface area contributed by atoms with E-state index in [1.165, 1.54) is 5.56 Å². The summed E-state index contributed by atoms with van der Waals surface area (Å²) < 4.78 is 7.91. The smallest absolute Gasteiger partial charge is 0.0742 e. The van der Waals surface area contributed by atoms with Crippen LogP contribution in [-0.2, 0) is 17.7 Å². The van der Waals surface area contributed by atoms with Crippen molar-refractivity contribution in [3.05, 3.63) is 54.4 Å². The number of ether oxygens (including phenoxy) is 1. The van der Waals surface area contributed by atoms with E-state index in [-0.39, 0.29) is 0 Å². The van der Waals surface area contributed by atoms with E-state index in [1.807, 2.05) is 23.1 Å². The number of aryl methyl sites for hydroxylation is 1. The van der Waals surface area contributed by atoms with Gasteiger partial charge in [-0.2, -0.15) is 5.10 Å². The van der Waals surface area contributed by atoms with Crippen molar-refractivity contribution in [2.45, 2.75) is 25.5 Å². The summed E-state index contributed by atoms with van der Waals surface area (Å²) in [7, 11) is 0. The fourth-order valence-electron chi connectivity index (χ4n) is 2.87. The lowest BCUT2D eigenvalue weighted by Gasteiger charge is -2.33. The Labute approximate surface area is 126 Å². The summed E-state index contributed by atoms with van der Waals surface area (Å²) in [5.74, 6) is 0. The van der Waals surface area contributed by atoms with Gasteiger partial charge in [-0.05, 0) is 24.5 Å². The molecule has 0 radical (unpaired) electrons. The second kappa shape index (κ2) is 7.38. The third kappa shape index (κ3) is 4.41. The number of benzene rings is 1. The summed E-state index contributed by atoms with van der Waals surface area (Å²) in [4.78, 5) is 2.51. The SMILES string of the molecule is c1ccc(C[C@H]2CN(CCCn3cccn3)CCO2)cc1. The monoisotopic (exact) mass is 285 g/mol. The molecule has 0 aliphatic carbocycles. The number of nitrogens with zero attached hydrogens (tertiary/aromatic N) is 3. The molecule has 21 heavy (non-hydrogen) atoms. The van der Waals surface area contributed by atoms with Gasteiger partial charge in [-0.3, -0.25) is 9.58 Å². The molecule has 1 aromatic carbocycles. The molecule has 0 bridgehead atoms. The lowest BCUT2D eigenvalue weighted by Crippen LogP contribution is -2.43. The molecule has 0 spiro atoms. The number of morpholine rings is 1. The lowest BCUT2D eigenvalue weighted by atomic mass is 10.1. The molecule has 1 aromatic heterocycles. The van der Waals surface area contributed by atoms with Crippen molar-refractivity contribution in [3.63, 3.8) is 0 Å². The minimum absolute atomic E-state index is 0.325. The van der Waals surface area contributed by atoms with Gasteiger partial charge >= 0.3 is 0 Å². The summed E-state index contributed by atoms with van der Waals surface area (Å²) >= 11 is 0. The van der Waals surface area contributed by atoms with Crippen molar-refractivity contribution in [2.24, 2.45) is 0 Å². The average molecular weight is 285 g/mol. The molecule has 1 fully saturated rings. The predicted octanol–water partition coefficient (Wildman–Crippen LogP) is 2.22. The lowest BCUT2D eigenvalue weighted by molar-refractivity contribution is -0.0281. The van der Waals surface area contributed by atoms with E-state index < -0.39 is 0 Å². The zero-order valence-corrected chi connectivity index (χ0v) is 12.4. The van der Waals surface area contributed by atoms with Gasteiger partial charge in [0.05, 0.1) is 12.7 Å². The van der Waals surface area contributed by atoms with Crippen LogP contribution in [0.5, 0.6) is 0 Å². The highest BCUT2D eigenvalue weighted by Gasteiger charge is 2.20. The molecule has 2 aromatic rings. The predicted molar refractivity (Wildman–Crippen MR) is 83.2 cm³/mol. The number of rotatable bonds is 6. The van der Waals surface area contributed by atoms with Crippen LogP contribution in [0.2, 0.25) is 0 Å². The van der Waals surface area contributed by atoms with Gasteiger partial charge in [0.15, 0.2) is 0 Å². The third-order valence-electron chi connectivity index (χ3n) is 3.95. The zero-order chi connectivity index (χ0) is 14.3. The Bertz CT molecular complexity index is 512. The Morgan fingerprint density at radius 3 is 2.86 bits per heavy atom. The van der Waals surface area contributed by atoms with E-state index in [1.54, 1.807) is 0 Å². The van der Waals surface area contributed by atoms with E-state index in [0.29, 0.717) is 6.10 Å². The van der Waals surface area contributed by atoms with Crippen LogP contribution in [0.1, 0.15) is 12.0 Å². The highest BCUT2D eigenvalue weighted by atomic mass is 16.5. The Kier molecular flexibility index (Phi) is 5.03. The van der Waals surface area contributed by atoms with Crippen molar-refractivity contribution in [2.75, 3.05) is 26.2 Å². The van der Waals surface area contributed by atoms with Crippen LogP contribution in [0, 0.1) is 0 Å². The molecule has 1 aliphatic rings. The Morgan fingerprint density at radius 1 is 1.14 bits per heavy atom. The van der Waals surface area contributed by atoms with E-state index >= 15 is 0 Å². The van der Waals surface area contributed by atoms with Gasteiger partial charge in [0.1, 0.15) is 0 Å². The van der Waals surface area contributed by atoms with Gasteiger partial charge in [0, 0.05) is 38.6 Å². The second-order valence-corrected chi connectivity index (χ2v) is 5.61. The van der Waals surface area contributed by atoms with Crippen LogP contribution in [0.25, 0.3) is 0 Å². The normalized spacial score (nSPS) is 19.7. The standard InChI is InChI=1S/C17H23N3O/c1-2-6-16(7-3-1)14-17-15-19(12-13-21-17)9-5-11-20-10-4-8-18-20/h1-4,6-8,10,17H,5,9,11-15H2/t17-/m0/s1. The first-order valence-electron chi connectivity index (χ1n) is 7.75. The summed E-state index contributed by atoms with van der Waals surface area (Å²) in [5.41, 5.74) is 1.36. The molecule has 1 aliphatic heterocycles. The first-order chi connectivity index (χ1) is 10.4. The Morgan fingerprint density at radius 2 is 2.05 bits per heavy atom. The molecule has 2 heterocycles. The fraction of sp³-hybridized carbons (Fsp3) is 0.471. The molecular weight excluding hydrogens is 262 g/mol. The van der Waals surface area contributed by atoms with Crippen LogP contribution in [0.4, 0.5) is 0 Å². The van der Waals surface area contributed by atoms with Crippen LogP contribution >= 0.6 is 0 Å². The van der Waals surface area contributed by atoms with Crippen LogP contribution in [0.3, 0.4) is 0 Å². The molecule has 0 amide bonds. The summed E-state index contributed by atoms with van der Waals surface area (Å²) in [6, 6.07) is 12.6. The van der Waals surface area contributed by atoms with Crippen molar-refractivity contribution in [1.29, 1.82) is 0 Å². The van der Waals surface area contributed by atoms with E-state index in [0.717, 1.165) is 45.6 Å². The zero-order valence-electron chi connectivity index (χ0n) is 12.4. The van der Waals surface area contributed by atoms with Gasteiger partial charge < -0.3 is 4.74 Å². The van der Waals surface area contributed by atoms with Crippen molar-refractivity contribution < 1.29 is 4.74 Å². The molecule has 1 saturated heterocycles. The van der Waals surface area contributed by atoms with Crippen molar-refractivity contribution in [1.82, 2.24) is 14.7 Å². The first-order valence-corrected chi connectivity index (χ1v) is 7.75. The largest absolute Gasteiger partial charge is 0.375 e. The van der Waals surface area contributed by atoms with Crippen LogP contribution in [0.15, 0.2) is 48.8 Å². The fourth-order valence-corrected chi connectivity index (χ4v) is 2.87. The molecular formula is C17H23N3O. The molecule has 0 unspecified atom stereocenters. The van der Waals surface area contributed by atoms with Gasteiger partial charge in [0.25, 0.3) is 0 Å². The summed E-state index contributed by atoms with van der Waals surface area (Å²) in [6.45, 7) is 5.04. The van der Waals surface area contributed by atoms with Gasteiger partial charge in [-0.25, -0.2) is 0 Å². The van der Waals surface area contributed by atoms with E-state index in [9.17, 15) is 0 Å². The molecule has 4 heteroatoms. The summed E-state index contributed by atoms with van der Waals surface area (Å²) in [5, 5.41) is 4.24. The molecule has 0 saturated carbocycles. The molecule has 1 atom stereocenters. The highest BCUT2D eigenvalue weighted by Crippen LogP contribution is 2.12. The average Bonchev–Trinajstić information content (AvgIpc) is 3.02. The molecule has 4 nitrogen and oxygen atoms in total. The van der Waals surface area contributed by atoms with Gasteiger partial charge in [-0.15, -0.1) is 0 Å². The van der Waals surface area contributed by atoms with Crippen molar-refractivity contribution in [3.8, 4) is 0 Å². The molecule has 3 rings (SSSR count). The molecule has 112 valence electrons. The maximum atomic E-state index is 5.91. The maximum Gasteiger partial charge on any atom is 0.0742 e. The maximum absolute atomic E-state index is 5.91. The van der Waals surface area contributed by atoms with Gasteiger partial charge in [-0.1, -0.05) is 30.3 Å². The Balaban J connectivity index is 1.42. The van der Waals surface area contributed by atoms with Crippen molar-refractivity contribution >= 4 is 0 Å². The minimum Gasteiger partial charge on any atom is -0.375 e. The number of hydrogen-bond donors (Lipinski definition) is 0. The minimum atomic E-state index is 0.325. The second-order valence-electron chi connectivity index (χ2n) is 5.61. The number of hydrogen-bond acceptors (Lipinski definition) is 3. The van der Waals surface area contributed by atoms with Gasteiger partial charge in [0.2, 0.25) is 0 Å². The third-order valence-corrected chi connectivity index (χ3v) is 3.95. The summed E-state index contributed by atoms with van der Waals surface area (Å²) in [6.07, 6.45) is 6.34.